The molecule has 0 aromatic heterocycles. The highest BCUT2D eigenvalue weighted by Gasteiger charge is 2.48. The number of nitrogens with one attached hydrogen (secondary N) is 1. The van der Waals surface area contributed by atoms with Gasteiger partial charge in [-0.05, 0) is 54.7 Å². The number of nitrogens with zero attached hydrogens (tertiary/aromatic N) is 1. The summed E-state index contributed by atoms with van der Waals surface area (Å²) in [6.07, 6.45) is -7.18. The van der Waals surface area contributed by atoms with Gasteiger partial charge in [-0.3, -0.25) is 19.2 Å². The minimum Gasteiger partial charge on any atom is -0.493 e. The number of amides is 1. The Morgan fingerprint density at radius 3 is 2.20 bits per heavy atom. The summed E-state index contributed by atoms with van der Waals surface area (Å²) >= 11 is 0. The fraction of sp³-hybridized carbons (Fsp3) is 0.500. The van der Waals surface area contributed by atoms with Crippen LogP contribution in [0.15, 0.2) is 29.1 Å². The molecule has 1 heterocycles. The Hall–Kier alpha value is -3.79. The van der Waals surface area contributed by atoms with Crippen LogP contribution in [0.5, 0.6) is 23.0 Å². The first-order valence-electron chi connectivity index (χ1n) is 13.9. The van der Waals surface area contributed by atoms with Crippen molar-refractivity contribution in [2.75, 3.05) is 42.1 Å². The number of aryl methyl sites for hydroxylation is 1. The zero-order valence-corrected chi connectivity index (χ0v) is 25.4. The molecule has 4 rings (SSSR count). The maximum atomic E-state index is 13.5. The molecule has 14 nitrogen and oxygen atoms in total. The van der Waals surface area contributed by atoms with E-state index >= 15 is 0 Å². The van der Waals surface area contributed by atoms with Crippen molar-refractivity contribution in [1.82, 2.24) is 10.4 Å². The van der Waals surface area contributed by atoms with Crippen LogP contribution in [0, 0.1) is 0 Å². The standard InChI is InChI=1S/C30H38N2O12/c1-14(33)27-25(37)24(36)26(38)30(44-27)32(43-6)13-22(35)31-18-9-7-15-11-21(40-3)28(41-4)29(42-5)23(15)16-8-10-20(39-2)19(34)12-17(16)18/h8,10-12,18,24-27,30,36-38H,7,9,13H2,1-6H3,(H,31,35)/t18-,24-,25+,26+,27+,30+/m0/s1. The number of aliphatic hydroxyl groups excluding tert-OH is 3. The lowest BCUT2D eigenvalue weighted by atomic mass is 9.95. The Labute approximate surface area is 254 Å². The molecular formula is C30H38N2O12. The summed E-state index contributed by atoms with van der Waals surface area (Å²) in [4.78, 5) is 43.9. The Bertz CT molecular complexity index is 1450. The van der Waals surface area contributed by atoms with Crippen molar-refractivity contribution in [3.8, 4) is 34.1 Å². The number of ether oxygens (including phenoxy) is 5. The lowest BCUT2D eigenvalue weighted by Gasteiger charge is -2.43. The number of aliphatic hydroxyl groups is 3. The predicted molar refractivity (Wildman–Crippen MR) is 155 cm³/mol. The van der Waals surface area contributed by atoms with Crippen molar-refractivity contribution in [1.29, 1.82) is 0 Å². The van der Waals surface area contributed by atoms with E-state index in [-0.39, 0.29) is 5.75 Å². The van der Waals surface area contributed by atoms with Gasteiger partial charge >= 0.3 is 0 Å². The summed E-state index contributed by atoms with van der Waals surface area (Å²) in [5, 5.41) is 35.0. The van der Waals surface area contributed by atoms with Gasteiger partial charge in [-0.1, -0.05) is 6.07 Å². The van der Waals surface area contributed by atoms with Gasteiger partial charge in [0.1, 0.15) is 31.0 Å². The second-order valence-electron chi connectivity index (χ2n) is 10.4. The van der Waals surface area contributed by atoms with Gasteiger partial charge in [-0.15, -0.1) is 5.06 Å². The van der Waals surface area contributed by atoms with Gasteiger partial charge in [0.2, 0.25) is 17.1 Å². The van der Waals surface area contributed by atoms with Gasteiger partial charge in [0.05, 0.1) is 41.6 Å². The van der Waals surface area contributed by atoms with Crippen LogP contribution in [-0.2, 0) is 25.6 Å². The maximum absolute atomic E-state index is 13.5. The molecule has 0 spiro atoms. The van der Waals surface area contributed by atoms with Gasteiger partial charge < -0.3 is 44.3 Å². The van der Waals surface area contributed by atoms with Crippen molar-refractivity contribution in [3.05, 3.63) is 45.6 Å². The lowest BCUT2D eigenvalue weighted by Crippen LogP contribution is -2.64. The number of rotatable bonds is 10. The first kappa shape index (κ1) is 33.1. The smallest absolute Gasteiger partial charge is 0.237 e. The van der Waals surface area contributed by atoms with Crippen LogP contribution in [0.4, 0.5) is 0 Å². The van der Waals surface area contributed by atoms with Crippen molar-refractivity contribution in [2.45, 2.75) is 56.5 Å². The number of ketones is 1. The summed E-state index contributed by atoms with van der Waals surface area (Å²) in [5.74, 6) is 0.136. The molecule has 0 saturated carbocycles. The van der Waals surface area contributed by atoms with Gasteiger partial charge in [0.25, 0.3) is 0 Å². The summed E-state index contributed by atoms with van der Waals surface area (Å²) in [6, 6.07) is 5.80. The molecule has 240 valence electrons. The third-order valence-corrected chi connectivity index (χ3v) is 7.86. The first-order chi connectivity index (χ1) is 21.0. The number of fused-ring (bicyclic) bond motifs is 3. The molecule has 0 radical (unpaired) electrons. The van der Waals surface area contributed by atoms with E-state index in [4.69, 9.17) is 28.5 Å². The van der Waals surface area contributed by atoms with Crippen LogP contribution in [-0.4, -0.2) is 105 Å². The Balaban J connectivity index is 1.72. The summed E-state index contributed by atoms with van der Waals surface area (Å²) in [7, 11) is 7.11. The molecule has 1 saturated heterocycles. The Kier molecular flexibility index (Phi) is 10.4. The number of Topliss-reactive ketones (excluding diaryl/α,β-unsaturated/α-hetero) is 1. The molecular weight excluding hydrogens is 580 g/mol. The molecule has 0 unspecified atom stereocenters. The third-order valence-electron chi connectivity index (χ3n) is 7.86. The monoisotopic (exact) mass is 618 g/mol. The summed E-state index contributed by atoms with van der Waals surface area (Å²) in [6.45, 7) is 0.669. The normalized spacial score (nSPS) is 24.4. The van der Waals surface area contributed by atoms with E-state index in [0.717, 1.165) is 10.6 Å². The van der Waals surface area contributed by atoms with Gasteiger partial charge in [-0.2, -0.15) is 0 Å². The number of hydrogen-bond donors (Lipinski definition) is 4. The topological polar surface area (TPSA) is 183 Å². The van der Waals surface area contributed by atoms with Gasteiger partial charge in [-0.25, -0.2) is 0 Å². The third kappa shape index (κ3) is 6.22. The van der Waals surface area contributed by atoms with Crippen LogP contribution < -0.4 is 29.7 Å². The van der Waals surface area contributed by atoms with E-state index in [9.17, 15) is 29.7 Å². The van der Waals surface area contributed by atoms with Crippen LogP contribution in [0.25, 0.3) is 11.1 Å². The van der Waals surface area contributed by atoms with Crippen LogP contribution in [0.1, 0.15) is 30.5 Å². The maximum Gasteiger partial charge on any atom is 0.237 e. The molecule has 2 aromatic carbocycles. The predicted octanol–water partition coefficient (Wildman–Crippen LogP) is 0.112. The molecule has 2 aliphatic rings. The van der Waals surface area contributed by atoms with Gasteiger partial charge in [0, 0.05) is 5.56 Å². The lowest BCUT2D eigenvalue weighted by molar-refractivity contribution is -0.316. The number of carbonyl (C=O) groups excluding carboxylic acids is 2. The molecule has 14 heteroatoms. The molecule has 1 amide bonds. The SMILES string of the molecule is COc1cc2c(c(OC)c1OC)-c1ccc(OC)c(=O)cc1[C@@H](NC(=O)CN(OC)[C@@H]1O[C@H](C(C)=O)[C@H](O)[C@H](O)[C@H]1O)CC2. The minimum absolute atomic E-state index is 0.0962. The Morgan fingerprint density at radius 1 is 0.932 bits per heavy atom. The van der Waals surface area contributed by atoms with Crippen molar-refractivity contribution >= 4 is 11.7 Å². The molecule has 44 heavy (non-hydrogen) atoms. The fourth-order valence-electron chi connectivity index (χ4n) is 5.69. The van der Waals surface area contributed by atoms with E-state index in [1.165, 1.54) is 48.5 Å². The quantitative estimate of drug-likeness (QED) is 0.264. The van der Waals surface area contributed by atoms with E-state index < -0.39 is 60.3 Å². The fourth-order valence-corrected chi connectivity index (χ4v) is 5.69. The molecule has 1 aliphatic carbocycles. The molecule has 1 aliphatic heterocycles. The number of benzene rings is 1. The van der Waals surface area contributed by atoms with Crippen molar-refractivity contribution in [2.24, 2.45) is 0 Å². The molecule has 6 atom stereocenters. The molecule has 4 N–H and O–H groups in total. The van der Waals surface area contributed by atoms with E-state index in [1.54, 1.807) is 12.1 Å². The number of carbonyl (C=O) groups is 2. The van der Waals surface area contributed by atoms with E-state index in [2.05, 4.69) is 5.32 Å². The zero-order valence-electron chi connectivity index (χ0n) is 25.4. The van der Waals surface area contributed by atoms with Crippen LogP contribution >= 0.6 is 0 Å². The Morgan fingerprint density at radius 2 is 1.61 bits per heavy atom. The zero-order chi connectivity index (χ0) is 32.3. The van der Waals surface area contributed by atoms with Crippen molar-refractivity contribution in [3.63, 3.8) is 0 Å². The van der Waals surface area contributed by atoms with Crippen molar-refractivity contribution < 1.29 is 53.4 Å². The molecule has 1 fully saturated rings. The highest BCUT2D eigenvalue weighted by atomic mass is 16.7. The molecule has 0 bridgehead atoms. The van der Waals surface area contributed by atoms with E-state index in [1.807, 2.05) is 6.07 Å². The van der Waals surface area contributed by atoms with Crippen LogP contribution in [0.3, 0.4) is 0 Å². The summed E-state index contributed by atoms with van der Waals surface area (Å²) < 4.78 is 27.8. The minimum atomic E-state index is -1.73. The highest BCUT2D eigenvalue weighted by molar-refractivity contribution is 5.84. The first-order valence-corrected chi connectivity index (χ1v) is 13.9. The second-order valence-corrected chi connectivity index (χ2v) is 10.4. The molecule has 2 aromatic rings. The van der Waals surface area contributed by atoms with Crippen LogP contribution in [0.2, 0.25) is 0 Å². The number of methoxy groups -OCH3 is 4. The number of hydroxylamine groups is 2. The number of hydrogen-bond acceptors (Lipinski definition) is 13. The van der Waals surface area contributed by atoms with Gasteiger partial charge in [0.15, 0.2) is 29.3 Å². The highest BCUT2D eigenvalue weighted by Crippen LogP contribution is 2.50. The van der Waals surface area contributed by atoms with E-state index in [0.29, 0.717) is 46.8 Å². The summed E-state index contributed by atoms with van der Waals surface area (Å²) in [5.41, 5.74) is 2.17. The average molecular weight is 619 g/mol. The average Bonchev–Trinajstić information content (AvgIpc) is 3.25. The second kappa shape index (κ2) is 13.9. The largest absolute Gasteiger partial charge is 0.493 e.